The first-order chi connectivity index (χ1) is 9.82. The molecule has 112 valence electrons. The van der Waals surface area contributed by atoms with E-state index in [-0.39, 0.29) is 17.1 Å². The van der Waals surface area contributed by atoms with Crippen LogP contribution in [0.2, 0.25) is 0 Å². The molecule has 0 radical (unpaired) electrons. The average molecular weight is 311 g/mol. The van der Waals surface area contributed by atoms with Gasteiger partial charge in [0.25, 0.3) is 5.69 Å². The van der Waals surface area contributed by atoms with E-state index in [2.05, 4.69) is 0 Å². The number of hydrogen-bond acceptors (Lipinski definition) is 6. The van der Waals surface area contributed by atoms with Gasteiger partial charge in [0.2, 0.25) is 10.0 Å². The molecular weight excluding hydrogens is 298 g/mol. The Kier molecular flexibility index (Phi) is 3.96. The number of rotatable bonds is 5. The minimum Gasteiger partial charge on any atom is -0.468 e. The van der Waals surface area contributed by atoms with Gasteiger partial charge in [-0.05, 0) is 24.3 Å². The molecule has 0 bridgehead atoms. The summed E-state index contributed by atoms with van der Waals surface area (Å²) in [7, 11) is -2.51. The molecule has 9 heteroatoms. The quantitative estimate of drug-likeness (QED) is 0.508. The van der Waals surface area contributed by atoms with Crippen LogP contribution in [-0.4, -0.2) is 24.7 Å². The first-order valence-electron chi connectivity index (χ1n) is 5.85. The lowest BCUT2D eigenvalue weighted by atomic mass is 10.3. The molecule has 1 aromatic heterocycles. The predicted molar refractivity (Wildman–Crippen MR) is 74.9 cm³/mol. The monoisotopic (exact) mass is 311 g/mol. The molecule has 21 heavy (non-hydrogen) atoms. The summed E-state index contributed by atoms with van der Waals surface area (Å²) in [5.41, 5.74) is 4.92. The molecule has 0 atom stereocenters. The molecule has 0 fully saturated rings. The second-order valence-electron chi connectivity index (χ2n) is 4.32. The zero-order valence-electron chi connectivity index (χ0n) is 11.1. The molecule has 1 aromatic carbocycles. The van der Waals surface area contributed by atoms with Gasteiger partial charge in [0.15, 0.2) is 0 Å². The largest absolute Gasteiger partial charge is 0.468 e. The van der Waals surface area contributed by atoms with Crippen molar-refractivity contribution < 1.29 is 17.8 Å². The van der Waals surface area contributed by atoms with Crippen molar-refractivity contribution in [2.24, 2.45) is 0 Å². The van der Waals surface area contributed by atoms with Crippen LogP contribution in [-0.2, 0) is 16.6 Å². The Hall–Kier alpha value is -2.39. The highest BCUT2D eigenvalue weighted by molar-refractivity contribution is 7.89. The normalized spacial score (nSPS) is 11.7. The molecule has 0 spiro atoms. The number of hydrogen-bond donors (Lipinski definition) is 1. The van der Waals surface area contributed by atoms with Crippen LogP contribution in [0.15, 0.2) is 45.9 Å². The molecule has 8 nitrogen and oxygen atoms in total. The number of furan rings is 1. The smallest absolute Gasteiger partial charge is 0.293 e. The van der Waals surface area contributed by atoms with E-state index in [9.17, 15) is 18.5 Å². The van der Waals surface area contributed by atoms with Crippen LogP contribution in [0.25, 0.3) is 0 Å². The van der Waals surface area contributed by atoms with Crippen LogP contribution in [0.3, 0.4) is 0 Å². The molecule has 0 amide bonds. The summed E-state index contributed by atoms with van der Waals surface area (Å²) in [5.74, 6) is 0.464. The summed E-state index contributed by atoms with van der Waals surface area (Å²) >= 11 is 0. The number of nitro groups is 1. The first-order valence-corrected chi connectivity index (χ1v) is 7.29. The van der Waals surface area contributed by atoms with E-state index in [1.54, 1.807) is 12.1 Å². The molecule has 1 heterocycles. The van der Waals surface area contributed by atoms with Gasteiger partial charge in [-0.2, -0.15) is 4.31 Å². The summed E-state index contributed by atoms with van der Waals surface area (Å²) in [4.78, 5) is 9.91. The minimum atomic E-state index is -3.87. The molecule has 0 aliphatic carbocycles. The van der Waals surface area contributed by atoms with E-state index >= 15 is 0 Å². The summed E-state index contributed by atoms with van der Waals surface area (Å²) in [5, 5.41) is 10.8. The SMILES string of the molecule is CN(Cc1ccco1)S(=O)(=O)c1ccc(N)c([N+](=O)[O-])c1. The Morgan fingerprint density at radius 3 is 2.67 bits per heavy atom. The molecule has 2 N–H and O–H groups in total. The average Bonchev–Trinajstić information content (AvgIpc) is 2.91. The topological polar surface area (TPSA) is 120 Å². The van der Waals surface area contributed by atoms with Gasteiger partial charge in [0.05, 0.1) is 22.6 Å². The second-order valence-corrected chi connectivity index (χ2v) is 6.36. The second kappa shape index (κ2) is 5.54. The molecule has 0 aliphatic rings. The van der Waals surface area contributed by atoms with Crippen molar-refractivity contribution in [1.29, 1.82) is 0 Å². The van der Waals surface area contributed by atoms with Gasteiger partial charge in [-0.25, -0.2) is 8.42 Å². The Morgan fingerprint density at radius 1 is 1.38 bits per heavy atom. The molecule has 0 saturated carbocycles. The van der Waals surface area contributed by atoms with Crippen LogP contribution >= 0.6 is 0 Å². The van der Waals surface area contributed by atoms with Gasteiger partial charge >= 0.3 is 0 Å². The van der Waals surface area contributed by atoms with Crippen LogP contribution in [0.4, 0.5) is 11.4 Å². The van der Waals surface area contributed by atoms with E-state index in [0.29, 0.717) is 5.76 Å². The van der Waals surface area contributed by atoms with Gasteiger partial charge in [0, 0.05) is 13.1 Å². The third-order valence-corrected chi connectivity index (χ3v) is 4.66. The van der Waals surface area contributed by atoms with E-state index in [4.69, 9.17) is 10.2 Å². The number of sulfonamides is 1. The first kappa shape index (κ1) is 15.0. The van der Waals surface area contributed by atoms with Crippen molar-refractivity contribution in [3.05, 3.63) is 52.5 Å². The summed E-state index contributed by atoms with van der Waals surface area (Å²) in [6.45, 7) is 0.0213. The van der Waals surface area contributed by atoms with Crippen LogP contribution < -0.4 is 5.73 Å². The molecule has 0 unspecified atom stereocenters. The van der Waals surface area contributed by atoms with Gasteiger partial charge in [0.1, 0.15) is 11.4 Å². The van der Waals surface area contributed by atoms with Crippen molar-refractivity contribution in [3.8, 4) is 0 Å². The maximum atomic E-state index is 12.4. The van der Waals surface area contributed by atoms with Crippen LogP contribution in [0.1, 0.15) is 5.76 Å². The summed E-state index contributed by atoms with van der Waals surface area (Å²) in [6.07, 6.45) is 1.43. The fraction of sp³-hybridized carbons (Fsp3) is 0.167. The van der Waals surface area contributed by atoms with Gasteiger partial charge in [-0.1, -0.05) is 0 Å². The van der Waals surface area contributed by atoms with Crippen molar-refractivity contribution in [2.75, 3.05) is 12.8 Å². The Labute approximate surface area is 121 Å². The zero-order valence-corrected chi connectivity index (χ0v) is 11.9. The predicted octanol–water partition coefficient (Wildman–Crippen LogP) is 1.59. The lowest BCUT2D eigenvalue weighted by molar-refractivity contribution is -0.384. The number of nitrogens with two attached hydrogens (primary N) is 1. The van der Waals surface area contributed by atoms with Crippen molar-refractivity contribution >= 4 is 21.4 Å². The third-order valence-electron chi connectivity index (χ3n) is 2.87. The number of nitrogen functional groups attached to an aromatic ring is 1. The highest BCUT2D eigenvalue weighted by atomic mass is 32.2. The van der Waals surface area contributed by atoms with Gasteiger partial charge in [-0.15, -0.1) is 0 Å². The molecular formula is C12H13N3O5S. The Bertz CT molecular complexity index is 755. The van der Waals surface area contributed by atoms with Crippen LogP contribution in [0.5, 0.6) is 0 Å². The number of nitrogens with zero attached hydrogens (tertiary/aromatic N) is 2. The van der Waals surface area contributed by atoms with Crippen molar-refractivity contribution in [1.82, 2.24) is 4.31 Å². The fourth-order valence-corrected chi connectivity index (χ4v) is 2.89. The van der Waals surface area contributed by atoms with E-state index in [1.165, 1.54) is 25.4 Å². The van der Waals surface area contributed by atoms with Crippen molar-refractivity contribution in [2.45, 2.75) is 11.4 Å². The van der Waals surface area contributed by atoms with Gasteiger partial charge in [-0.3, -0.25) is 10.1 Å². The molecule has 0 saturated heterocycles. The third kappa shape index (κ3) is 3.03. The minimum absolute atomic E-state index is 0.0213. The zero-order chi connectivity index (χ0) is 15.6. The lowest BCUT2D eigenvalue weighted by Crippen LogP contribution is -2.26. The van der Waals surface area contributed by atoms with Gasteiger partial charge < -0.3 is 10.2 Å². The molecule has 2 rings (SSSR count). The fourth-order valence-electron chi connectivity index (χ4n) is 1.73. The maximum absolute atomic E-state index is 12.4. The highest BCUT2D eigenvalue weighted by Gasteiger charge is 2.25. The highest BCUT2D eigenvalue weighted by Crippen LogP contribution is 2.26. The Morgan fingerprint density at radius 2 is 2.10 bits per heavy atom. The number of anilines is 1. The lowest BCUT2D eigenvalue weighted by Gasteiger charge is -2.16. The summed E-state index contributed by atoms with van der Waals surface area (Å²) in [6, 6.07) is 6.66. The van der Waals surface area contributed by atoms with E-state index < -0.39 is 20.6 Å². The number of nitro benzene ring substituents is 1. The van der Waals surface area contributed by atoms with E-state index in [1.807, 2.05) is 0 Å². The van der Waals surface area contributed by atoms with E-state index in [0.717, 1.165) is 10.4 Å². The Balaban J connectivity index is 2.35. The molecule has 0 aliphatic heterocycles. The van der Waals surface area contributed by atoms with Crippen LogP contribution in [0, 0.1) is 10.1 Å². The maximum Gasteiger partial charge on any atom is 0.293 e. The number of benzene rings is 1. The standard InChI is InChI=1S/C12H13N3O5S/c1-14(8-9-3-2-6-20-9)21(18,19)10-4-5-11(13)12(7-10)15(16)17/h2-7H,8,13H2,1H3. The summed E-state index contributed by atoms with van der Waals surface area (Å²) < 4.78 is 30.9. The van der Waals surface area contributed by atoms with Crippen molar-refractivity contribution in [3.63, 3.8) is 0 Å². The molecule has 2 aromatic rings.